The van der Waals surface area contributed by atoms with Crippen LogP contribution in [0.2, 0.25) is 0 Å². The molecule has 1 heterocycles. The van der Waals surface area contributed by atoms with Crippen LogP contribution in [0.5, 0.6) is 0 Å². The summed E-state index contributed by atoms with van der Waals surface area (Å²) < 4.78 is 1.54. The van der Waals surface area contributed by atoms with Gasteiger partial charge in [-0.2, -0.15) is 0 Å². The monoisotopic (exact) mass is 190 g/mol. The summed E-state index contributed by atoms with van der Waals surface area (Å²) >= 11 is 0. The minimum absolute atomic E-state index is 0.207. The zero-order valence-electron chi connectivity index (χ0n) is 8.96. The van der Waals surface area contributed by atoms with E-state index >= 15 is 0 Å². The predicted octanol–water partition coefficient (Wildman–Crippen LogP) is 2.37. The molecular formula is C11H14N2O. The van der Waals surface area contributed by atoms with Gasteiger partial charge in [-0.3, -0.25) is 4.79 Å². The molecule has 1 rings (SSSR count). The van der Waals surface area contributed by atoms with E-state index in [0.717, 1.165) is 11.3 Å². The molecule has 0 saturated carbocycles. The van der Waals surface area contributed by atoms with Gasteiger partial charge in [0, 0.05) is 12.7 Å². The molecule has 0 amide bonds. The van der Waals surface area contributed by atoms with E-state index in [-0.39, 0.29) is 11.2 Å². The second-order valence-corrected chi connectivity index (χ2v) is 3.70. The van der Waals surface area contributed by atoms with Crippen molar-refractivity contribution in [3.05, 3.63) is 39.1 Å². The highest BCUT2D eigenvalue weighted by atomic mass is 16.1. The molecule has 0 spiro atoms. The number of pyridine rings is 1. The van der Waals surface area contributed by atoms with Gasteiger partial charge in [0.1, 0.15) is 0 Å². The molecule has 0 bridgehead atoms. The van der Waals surface area contributed by atoms with Crippen molar-refractivity contribution in [2.24, 2.45) is 7.05 Å². The van der Waals surface area contributed by atoms with Crippen molar-refractivity contribution in [3.8, 4) is 0 Å². The first-order valence-electron chi connectivity index (χ1n) is 4.57. The van der Waals surface area contributed by atoms with Crippen LogP contribution in [0.3, 0.4) is 0 Å². The van der Waals surface area contributed by atoms with E-state index in [0.29, 0.717) is 5.92 Å². The van der Waals surface area contributed by atoms with E-state index in [1.54, 1.807) is 17.7 Å². The fourth-order valence-electron chi connectivity index (χ4n) is 1.50. The highest BCUT2D eigenvalue weighted by Gasteiger charge is 2.11. The van der Waals surface area contributed by atoms with E-state index in [9.17, 15) is 4.79 Å². The lowest BCUT2D eigenvalue weighted by Gasteiger charge is -2.13. The van der Waals surface area contributed by atoms with Gasteiger partial charge in [-0.05, 0) is 24.5 Å². The van der Waals surface area contributed by atoms with Crippen molar-refractivity contribution in [1.82, 2.24) is 4.57 Å². The summed E-state index contributed by atoms with van der Waals surface area (Å²) in [6, 6.07) is 1.70. The smallest absolute Gasteiger partial charge is 0.256 e. The van der Waals surface area contributed by atoms with Crippen LogP contribution in [0, 0.1) is 13.5 Å². The third-order valence-corrected chi connectivity index (χ3v) is 2.48. The van der Waals surface area contributed by atoms with Crippen molar-refractivity contribution in [1.29, 1.82) is 0 Å². The van der Waals surface area contributed by atoms with Crippen LogP contribution in [0.1, 0.15) is 31.0 Å². The topological polar surface area (TPSA) is 26.4 Å². The summed E-state index contributed by atoms with van der Waals surface area (Å²) in [7, 11) is 1.71. The first-order valence-corrected chi connectivity index (χ1v) is 4.57. The largest absolute Gasteiger partial charge is 0.325 e. The van der Waals surface area contributed by atoms with Gasteiger partial charge in [-0.15, -0.1) is 0 Å². The third-order valence-electron chi connectivity index (χ3n) is 2.48. The minimum atomic E-state index is -0.207. The normalized spacial score (nSPS) is 10.3. The number of aromatic nitrogens is 1. The van der Waals surface area contributed by atoms with Gasteiger partial charge in [-0.1, -0.05) is 13.8 Å². The van der Waals surface area contributed by atoms with Gasteiger partial charge >= 0.3 is 0 Å². The molecule has 0 atom stereocenters. The SMILES string of the molecule is [C-]#[N+]c1cc(C(C)C)c(C)n(C)c1=O. The molecule has 0 fully saturated rings. The van der Waals surface area contributed by atoms with Crippen molar-refractivity contribution >= 4 is 5.69 Å². The Morgan fingerprint density at radius 3 is 2.50 bits per heavy atom. The predicted molar refractivity (Wildman–Crippen MR) is 56.8 cm³/mol. The lowest BCUT2D eigenvalue weighted by molar-refractivity contribution is 0.763. The maximum Gasteiger partial charge on any atom is 0.256 e. The lowest BCUT2D eigenvalue weighted by Crippen LogP contribution is -2.20. The molecule has 0 radical (unpaired) electrons. The molecule has 0 saturated heterocycles. The van der Waals surface area contributed by atoms with E-state index in [1.165, 1.54) is 0 Å². The van der Waals surface area contributed by atoms with Gasteiger partial charge < -0.3 is 4.57 Å². The third kappa shape index (κ3) is 1.56. The average Bonchev–Trinajstić information content (AvgIpc) is 2.14. The Kier molecular flexibility index (Phi) is 2.76. The molecule has 0 aromatic carbocycles. The Morgan fingerprint density at radius 2 is 2.07 bits per heavy atom. The molecule has 1 aromatic heterocycles. The molecule has 0 aliphatic heterocycles. The Hall–Kier alpha value is -1.56. The maximum atomic E-state index is 11.5. The second-order valence-electron chi connectivity index (χ2n) is 3.70. The average molecular weight is 190 g/mol. The Labute approximate surface area is 83.8 Å². The van der Waals surface area contributed by atoms with E-state index in [4.69, 9.17) is 6.57 Å². The van der Waals surface area contributed by atoms with Crippen molar-refractivity contribution in [2.45, 2.75) is 26.7 Å². The maximum absolute atomic E-state index is 11.5. The summed E-state index contributed by atoms with van der Waals surface area (Å²) in [5, 5.41) is 0. The van der Waals surface area contributed by atoms with E-state index in [2.05, 4.69) is 18.7 Å². The quantitative estimate of drug-likeness (QED) is 0.624. The van der Waals surface area contributed by atoms with Gasteiger partial charge in [-0.25, -0.2) is 4.85 Å². The summed E-state index contributed by atoms with van der Waals surface area (Å²) in [6.45, 7) is 12.9. The molecule has 0 aliphatic carbocycles. The Balaban J connectivity index is 3.59. The second kappa shape index (κ2) is 3.67. The number of nitrogens with zero attached hydrogens (tertiary/aromatic N) is 2. The molecule has 0 N–H and O–H groups in total. The molecule has 3 heteroatoms. The van der Waals surface area contributed by atoms with Crippen LogP contribution in [0.25, 0.3) is 4.85 Å². The van der Waals surface area contributed by atoms with Gasteiger partial charge in [0.15, 0.2) is 0 Å². The van der Waals surface area contributed by atoms with Gasteiger partial charge in [0.2, 0.25) is 0 Å². The summed E-state index contributed by atoms with van der Waals surface area (Å²) in [5.41, 5.74) is 2.01. The molecule has 1 aromatic rings. The summed E-state index contributed by atoms with van der Waals surface area (Å²) in [6.07, 6.45) is 0. The van der Waals surface area contributed by atoms with Crippen LogP contribution in [-0.4, -0.2) is 4.57 Å². The summed E-state index contributed by atoms with van der Waals surface area (Å²) in [4.78, 5) is 14.8. The zero-order valence-corrected chi connectivity index (χ0v) is 8.96. The zero-order chi connectivity index (χ0) is 10.9. The molecule has 0 unspecified atom stereocenters. The molecule has 74 valence electrons. The molecule has 3 nitrogen and oxygen atoms in total. The minimum Gasteiger partial charge on any atom is -0.325 e. The van der Waals surface area contributed by atoms with E-state index < -0.39 is 0 Å². The molecular weight excluding hydrogens is 176 g/mol. The van der Waals surface area contributed by atoms with Crippen LogP contribution >= 0.6 is 0 Å². The van der Waals surface area contributed by atoms with Crippen molar-refractivity contribution < 1.29 is 0 Å². The Bertz CT molecular complexity index is 450. The first-order chi connectivity index (χ1) is 6.49. The number of hydrogen-bond acceptors (Lipinski definition) is 1. The number of rotatable bonds is 1. The summed E-state index contributed by atoms with van der Waals surface area (Å²) in [5.74, 6) is 0.335. The van der Waals surface area contributed by atoms with Crippen LogP contribution in [0.15, 0.2) is 10.9 Å². The van der Waals surface area contributed by atoms with Gasteiger partial charge in [0.05, 0.1) is 6.57 Å². The first kappa shape index (κ1) is 10.5. The van der Waals surface area contributed by atoms with Crippen LogP contribution < -0.4 is 5.56 Å². The Morgan fingerprint density at radius 1 is 1.50 bits per heavy atom. The molecule has 14 heavy (non-hydrogen) atoms. The van der Waals surface area contributed by atoms with Crippen molar-refractivity contribution in [2.75, 3.05) is 0 Å². The lowest BCUT2D eigenvalue weighted by atomic mass is 10.0. The van der Waals surface area contributed by atoms with Crippen LogP contribution in [0.4, 0.5) is 5.69 Å². The van der Waals surface area contributed by atoms with Gasteiger partial charge in [0.25, 0.3) is 11.2 Å². The van der Waals surface area contributed by atoms with Crippen molar-refractivity contribution in [3.63, 3.8) is 0 Å². The molecule has 0 aliphatic rings. The fraction of sp³-hybridized carbons (Fsp3) is 0.455. The number of hydrogen-bond donors (Lipinski definition) is 0. The highest BCUT2D eigenvalue weighted by molar-refractivity contribution is 5.47. The van der Waals surface area contributed by atoms with E-state index in [1.807, 2.05) is 6.92 Å². The highest BCUT2D eigenvalue weighted by Crippen LogP contribution is 2.20. The standard InChI is InChI=1S/C11H14N2O/c1-7(2)9-6-10(12-4)11(14)13(5)8(9)3/h6-7H,1-3,5H3. The van der Waals surface area contributed by atoms with Crippen LogP contribution in [-0.2, 0) is 7.05 Å². The fourth-order valence-corrected chi connectivity index (χ4v) is 1.50.